The number of fused-ring (bicyclic) bond motifs is 1. The van der Waals surface area contributed by atoms with Crippen LogP contribution >= 0.6 is 0 Å². The minimum Gasteiger partial charge on any atom is -0.507 e. The molecule has 0 radical (unpaired) electrons. The number of anilines is 3. The number of phenolic OH excluding ortho intramolecular Hbond substituents is 1. The zero-order chi connectivity index (χ0) is 35.0. The predicted molar refractivity (Wildman–Crippen MR) is 207 cm³/mol. The molecular weight excluding hydrogens is 613 g/mol. The Morgan fingerprint density at radius 1 is 0.560 bits per heavy atom. The van der Waals surface area contributed by atoms with Gasteiger partial charge in [0, 0.05) is 28.4 Å². The maximum absolute atomic E-state index is 11.0. The zero-order valence-corrected chi connectivity index (χ0v) is 29.5. The number of nitrogens with zero attached hydrogens (tertiary/aromatic N) is 4. The molecule has 0 bridgehead atoms. The van der Waals surface area contributed by atoms with Crippen molar-refractivity contribution in [2.75, 3.05) is 4.90 Å². The van der Waals surface area contributed by atoms with E-state index in [1.807, 2.05) is 42.6 Å². The van der Waals surface area contributed by atoms with Crippen LogP contribution in [-0.4, -0.2) is 20.1 Å². The largest absolute Gasteiger partial charge is 0.507 e. The van der Waals surface area contributed by atoms with Gasteiger partial charge in [0.2, 0.25) is 0 Å². The highest BCUT2D eigenvalue weighted by molar-refractivity contribution is 5.98. The van der Waals surface area contributed by atoms with Gasteiger partial charge in [-0.05, 0) is 88.0 Å². The van der Waals surface area contributed by atoms with E-state index < -0.39 is 0 Å². The number of para-hydroxylation sites is 1. The first-order valence-corrected chi connectivity index (χ1v) is 17.1. The highest BCUT2D eigenvalue weighted by atomic mass is 16.3. The van der Waals surface area contributed by atoms with Crippen LogP contribution in [0.4, 0.5) is 17.2 Å². The van der Waals surface area contributed by atoms with Crippen LogP contribution < -0.4 is 4.90 Å². The quantitative estimate of drug-likeness (QED) is 0.193. The summed E-state index contributed by atoms with van der Waals surface area (Å²) in [5, 5.41) is 13.2. The Morgan fingerprint density at radius 3 is 1.90 bits per heavy atom. The van der Waals surface area contributed by atoms with Crippen molar-refractivity contribution in [2.45, 2.75) is 52.4 Å². The van der Waals surface area contributed by atoms with E-state index in [1.165, 1.54) is 11.1 Å². The molecule has 5 aromatic carbocycles. The van der Waals surface area contributed by atoms with Gasteiger partial charge in [0.25, 0.3) is 0 Å². The van der Waals surface area contributed by atoms with Crippen LogP contribution in [0.3, 0.4) is 0 Å². The molecular formula is C45H42N4O. The minimum atomic E-state index is -0.0583. The number of aromatic hydroxyl groups is 1. The molecule has 1 N–H and O–H groups in total. The van der Waals surface area contributed by atoms with Gasteiger partial charge in [-0.15, -0.1) is 0 Å². The Bertz CT molecular complexity index is 2280. The fraction of sp³-hybridized carbons (Fsp3) is 0.178. The highest BCUT2D eigenvalue weighted by Crippen LogP contribution is 2.40. The van der Waals surface area contributed by atoms with Crippen molar-refractivity contribution in [3.63, 3.8) is 0 Å². The maximum atomic E-state index is 11.0. The molecule has 0 aliphatic heterocycles. The van der Waals surface area contributed by atoms with Crippen LogP contribution in [0.2, 0.25) is 0 Å². The van der Waals surface area contributed by atoms with E-state index in [0.29, 0.717) is 11.4 Å². The van der Waals surface area contributed by atoms with Gasteiger partial charge in [0.1, 0.15) is 11.6 Å². The first-order valence-electron chi connectivity index (χ1n) is 17.1. The smallest absolute Gasteiger partial charge is 0.164 e. The van der Waals surface area contributed by atoms with Crippen molar-refractivity contribution < 1.29 is 5.11 Å². The van der Waals surface area contributed by atoms with Crippen molar-refractivity contribution in [1.29, 1.82) is 0 Å². The summed E-state index contributed by atoms with van der Waals surface area (Å²) in [5.74, 6) is 1.42. The molecule has 2 aromatic heterocycles. The number of phenols is 1. The Kier molecular flexibility index (Phi) is 8.44. The van der Waals surface area contributed by atoms with Crippen LogP contribution in [0, 0.1) is 0 Å². The van der Waals surface area contributed by atoms with Crippen molar-refractivity contribution >= 4 is 28.0 Å². The lowest BCUT2D eigenvalue weighted by Gasteiger charge is -2.26. The van der Waals surface area contributed by atoms with Crippen LogP contribution in [0.15, 0.2) is 140 Å². The second-order valence-electron chi connectivity index (χ2n) is 14.9. The van der Waals surface area contributed by atoms with E-state index in [0.717, 1.165) is 50.5 Å². The molecule has 7 rings (SSSR count). The second-order valence-corrected chi connectivity index (χ2v) is 14.9. The lowest BCUT2D eigenvalue weighted by Crippen LogP contribution is -2.16. The molecule has 0 saturated heterocycles. The van der Waals surface area contributed by atoms with E-state index in [2.05, 4.69) is 137 Å². The SMILES string of the molecule is CC(C)(C)c1cc(-c2cc(-c3cccc(N(c4ccccn4)c4cccc5ccccc45)c3)nc(-c3ccccc3O)n2)cc(C(C)(C)C)c1. The molecule has 7 aromatic rings. The van der Waals surface area contributed by atoms with E-state index >= 15 is 0 Å². The van der Waals surface area contributed by atoms with Crippen LogP contribution in [0.25, 0.3) is 44.7 Å². The first kappa shape index (κ1) is 32.7. The van der Waals surface area contributed by atoms with E-state index in [-0.39, 0.29) is 16.6 Å². The third kappa shape index (κ3) is 6.59. The third-order valence-electron chi connectivity index (χ3n) is 9.12. The van der Waals surface area contributed by atoms with Gasteiger partial charge >= 0.3 is 0 Å². The minimum absolute atomic E-state index is 0.0583. The molecule has 248 valence electrons. The molecule has 0 unspecified atom stereocenters. The number of aromatic nitrogens is 3. The van der Waals surface area contributed by atoms with Gasteiger partial charge in [0.05, 0.1) is 22.6 Å². The van der Waals surface area contributed by atoms with Crippen LogP contribution in [0.5, 0.6) is 5.75 Å². The van der Waals surface area contributed by atoms with Crippen molar-refractivity contribution in [3.8, 4) is 39.7 Å². The Morgan fingerprint density at radius 2 is 1.20 bits per heavy atom. The molecule has 0 spiro atoms. The normalized spacial score (nSPS) is 11.9. The molecule has 50 heavy (non-hydrogen) atoms. The zero-order valence-electron chi connectivity index (χ0n) is 29.5. The molecule has 5 nitrogen and oxygen atoms in total. The number of rotatable bonds is 6. The molecule has 0 atom stereocenters. The van der Waals surface area contributed by atoms with Crippen LogP contribution in [0.1, 0.15) is 52.7 Å². The Labute approximate surface area is 295 Å². The second kappa shape index (κ2) is 12.9. The summed E-state index contributed by atoms with van der Waals surface area (Å²) < 4.78 is 0. The highest BCUT2D eigenvalue weighted by Gasteiger charge is 2.23. The summed E-state index contributed by atoms with van der Waals surface area (Å²) in [5.41, 5.74) is 8.43. The summed E-state index contributed by atoms with van der Waals surface area (Å²) >= 11 is 0. The lowest BCUT2D eigenvalue weighted by molar-refractivity contribution is 0.477. The Hall–Kier alpha value is -5.81. The lowest BCUT2D eigenvalue weighted by atomic mass is 9.79. The standard InChI is InChI=1S/C45H42N4O/c1-44(2,3)33-25-32(26-34(28-33)45(4,5)6)39-29-38(47-43(48-39)37-20-9-10-22-41(37)50)31-17-13-18-35(27-31)49(42-23-11-12-24-46-42)40-21-14-16-30-15-7-8-19-36(30)40/h7-29,50H,1-6H3. The summed E-state index contributed by atoms with van der Waals surface area (Å²) in [6.07, 6.45) is 1.82. The number of benzene rings is 5. The van der Waals surface area contributed by atoms with Gasteiger partial charge < -0.3 is 5.11 Å². The van der Waals surface area contributed by atoms with E-state index in [4.69, 9.17) is 15.0 Å². The number of hydrogen-bond donors (Lipinski definition) is 1. The molecule has 5 heteroatoms. The van der Waals surface area contributed by atoms with E-state index in [1.54, 1.807) is 6.07 Å². The van der Waals surface area contributed by atoms with E-state index in [9.17, 15) is 5.11 Å². The van der Waals surface area contributed by atoms with Gasteiger partial charge in [0.15, 0.2) is 5.82 Å². The molecule has 0 fully saturated rings. The average molecular weight is 655 g/mol. The fourth-order valence-electron chi connectivity index (χ4n) is 6.26. The topological polar surface area (TPSA) is 62.1 Å². The Balaban J connectivity index is 1.44. The summed E-state index contributed by atoms with van der Waals surface area (Å²) in [6.45, 7) is 13.5. The molecule has 2 heterocycles. The van der Waals surface area contributed by atoms with Gasteiger partial charge in [-0.2, -0.15) is 0 Å². The van der Waals surface area contributed by atoms with Crippen LogP contribution in [-0.2, 0) is 10.8 Å². The maximum Gasteiger partial charge on any atom is 0.164 e. The molecule has 0 aliphatic rings. The van der Waals surface area contributed by atoms with Crippen molar-refractivity contribution in [1.82, 2.24) is 15.0 Å². The third-order valence-corrected chi connectivity index (χ3v) is 9.12. The van der Waals surface area contributed by atoms with Gasteiger partial charge in [-0.3, -0.25) is 4.90 Å². The summed E-state index contributed by atoms with van der Waals surface area (Å²) in [6, 6.07) is 45.3. The van der Waals surface area contributed by atoms with Crippen molar-refractivity contribution in [2.24, 2.45) is 0 Å². The van der Waals surface area contributed by atoms with Crippen molar-refractivity contribution in [3.05, 3.63) is 151 Å². The molecule has 0 aliphatic carbocycles. The number of hydrogen-bond acceptors (Lipinski definition) is 5. The summed E-state index contributed by atoms with van der Waals surface area (Å²) in [7, 11) is 0. The predicted octanol–water partition coefficient (Wildman–Crippen LogP) is 11.8. The fourth-order valence-corrected chi connectivity index (χ4v) is 6.26. The number of pyridine rings is 1. The average Bonchev–Trinajstić information content (AvgIpc) is 3.11. The molecule has 0 amide bonds. The first-order chi connectivity index (χ1) is 24.0. The molecule has 0 saturated carbocycles. The summed E-state index contributed by atoms with van der Waals surface area (Å²) in [4.78, 5) is 17.2. The van der Waals surface area contributed by atoms with Gasteiger partial charge in [-0.1, -0.05) is 114 Å². The van der Waals surface area contributed by atoms with Gasteiger partial charge in [-0.25, -0.2) is 15.0 Å². The monoisotopic (exact) mass is 654 g/mol.